The van der Waals surface area contributed by atoms with E-state index in [0.29, 0.717) is 47.3 Å². The number of rotatable bonds is 30. The summed E-state index contributed by atoms with van der Waals surface area (Å²) in [7, 11) is 42.5. The molecule has 0 N–H and O–H groups in total. The second-order valence-electron chi connectivity index (χ2n) is 45.0. The largest absolute Gasteiger partial charge is 4.00 e. The Morgan fingerprint density at radius 1 is 0.211 bits per heavy atom. The summed E-state index contributed by atoms with van der Waals surface area (Å²) in [4.78, 5) is 22.2. The maximum absolute atomic E-state index is 3.81. The van der Waals surface area contributed by atoms with E-state index in [1.165, 1.54) is 223 Å². The van der Waals surface area contributed by atoms with E-state index >= 15 is 0 Å². The van der Waals surface area contributed by atoms with Gasteiger partial charge in [0.15, 0.2) is 0 Å². The number of hydrogen-bond donors (Lipinski definition) is 0. The molecule has 0 aromatic heterocycles. The number of allylic oxidation sites excluding steroid dienone is 2. The summed E-state index contributed by atoms with van der Waals surface area (Å²) in [6.45, 7) is 9.34. The molecule has 21 rings (SSSR count). The number of hydrogen-bond acceptors (Lipinski definition) is 10. The van der Waals surface area contributed by atoms with E-state index in [1.807, 2.05) is 0 Å². The fraction of sp³-hybridized carbons (Fsp3) is 0.424. The molecule has 776 valence electrons. The van der Waals surface area contributed by atoms with Crippen molar-refractivity contribution < 1.29 is 105 Å². The minimum Gasteiger partial charge on any atom is -0.307 e. The molecule has 0 spiro atoms. The quantitative estimate of drug-likeness (QED) is 0.0406. The van der Waals surface area contributed by atoms with Crippen molar-refractivity contribution in [2.24, 2.45) is 35.5 Å². The van der Waals surface area contributed by atoms with Gasteiger partial charge in [0.2, 0.25) is 0 Å². The zero-order valence-corrected chi connectivity index (χ0v) is 102. The van der Waals surface area contributed by atoms with Gasteiger partial charge in [-0.3, -0.25) is 0 Å². The molecule has 10 nitrogen and oxygen atoms in total. The van der Waals surface area contributed by atoms with Crippen molar-refractivity contribution in [3.63, 3.8) is 0 Å². The molecule has 8 aliphatic rings. The summed E-state index contributed by atoms with van der Waals surface area (Å²) in [5, 5.41) is 5.03. The van der Waals surface area contributed by atoms with Crippen molar-refractivity contribution in [1.82, 2.24) is 49.0 Å². The third kappa shape index (κ3) is 32.2. The predicted octanol–water partition coefficient (Wildman–Crippen LogP) is 26.4. The standard InChI is InChI=1S/C32H30N2.C26H34N2.C25H32N2.C25H30N2.C24H32N2.5Pt/c1-33(2)21-27-19-25(17-23-11-5-7-13-29(23)27)31-15-9-10-16-32(31)26-18-24-12-6-8-14-30(24)28(20-26)22-34(3)4;1-27(2)17-19-7-5-9-23(15-19)25-21-11-13-22(14-12-21)26(25)24-10-6-8-20(16-24)18-28(3)4;2*1-26(2)16-18-7-5-9-20(13-18)24-22-11-12-23(15-22)25(24)21-10-6-8-19(14-21)17-27(3)4;1-25(2)17-19-9-7-11-21(15-19)23-13-5-6-14-24(23)22-12-8-10-20(16-22)18-26(3)4;;;;;/h5-18H,21-22H2,1-4H3;5-10,21-22,25-26H,11-14,17-18H2,1-4H3;5-10,22-25H,11-12,15-17H2,1-4H3;5-10,22-23H,11-12,15-17H2,1-4H3;7-12,23-24H,5-6,13-14,17-18H2,1-4H3;;;;;/q5*-2;5*+4. The smallest absolute Gasteiger partial charge is 0.307 e. The minimum absolute atomic E-state index is 0. The van der Waals surface area contributed by atoms with Crippen LogP contribution in [0.3, 0.4) is 0 Å². The van der Waals surface area contributed by atoms with Gasteiger partial charge in [-0.05, 0) is 258 Å². The summed E-state index contributed by atoms with van der Waals surface area (Å²) in [5.41, 5.74) is 31.7. The van der Waals surface area contributed by atoms with Crippen LogP contribution in [-0.2, 0) is 171 Å². The molecule has 15 heteroatoms. The average Bonchev–Trinajstić information content (AvgIpc) is 1.76. The molecule has 7 fully saturated rings. The number of fused-ring (bicyclic) bond motifs is 9. The van der Waals surface area contributed by atoms with Gasteiger partial charge in [-0.15, -0.1) is 162 Å². The minimum atomic E-state index is 0. The monoisotopic (exact) mass is 2860 g/mol. The first-order valence-electron chi connectivity index (χ1n) is 52.8. The molecule has 10 unspecified atom stereocenters. The van der Waals surface area contributed by atoms with Crippen molar-refractivity contribution >= 4 is 32.7 Å². The normalized spacial score (nSPS) is 20.4. The maximum Gasteiger partial charge on any atom is 4.00 e. The van der Waals surface area contributed by atoms with Crippen LogP contribution in [0.25, 0.3) is 54.9 Å². The van der Waals surface area contributed by atoms with E-state index < -0.39 is 0 Å². The van der Waals surface area contributed by atoms with Crippen LogP contribution >= 0.6 is 0 Å². The summed E-state index contributed by atoms with van der Waals surface area (Å²) in [6.07, 6.45) is 18.8. The van der Waals surface area contributed by atoms with Gasteiger partial charge in [-0.2, -0.15) is 212 Å². The Labute approximate surface area is 958 Å². The first-order valence-corrected chi connectivity index (χ1v) is 52.8. The number of nitrogens with zero attached hydrogens (tertiary/aromatic N) is 10. The van der Waals surface area contributed by atoms with Gasteiger partial charge in [0.05, 0.1) is 0 Å². The van der Waals surface area contributed by atoms with Crippen LogP contribution < -0.4 is 0 Å². The second-order valence-corrected chi connectivity index (χ2v) is 45.0. The van der Waals surface area contributed by atoms with Gasteiger partial charge in [-0.1, -0.05) is 115 Å². The van der Waals surface area contributed by atoms with Crippen molar-refractivity contribution in [2.45, 2.75) is 191 Å². The van der Waals surface area contributed by atoms with Crippen LogP contribution in [0.15, 0.2) is 231 Å². The van der Waals surface area contributed by atoms with Gasteiger partial charge in [0.1, 0.15) is 0 Å². The zero-order valence-electron chi connectivity index (χ0n) is 90.9. The Balaban J connectivity index is 0.000000174. The van der Waals surface area contributed by atoms with Gasteiger partial charge in [0, 0.05) is 65.4 Å². The van der Waals surface area contributed by atoms with Gasteiger partial charge in [0.25, 0.3) is 0 Å². The maximum atomic E-state index is 3.81. The van der Waals surface area contributed by atoms with Crippen LogP contribution in [0.5, 0.6) is 0 Å². The first-order chi connectivity index (χ1) is 68.5. The molecule has 0 heterocycles. The molecule has 10 atom stereocenters. The molecule has 0 radical (unpaired) electrons. The summed E-state index contributed by atoms with van der Waals surface area (Å²) >= 11 is 0. The fourth-order valence-electron chi connectivity index (χ4n) is 25.1. The van der Waals surface area contributed by atoms with E-state index in [4.69, 9.17) is 0 Å². The van der Waals surface area contributed by atoms with Gasteiger partial charge in [-0.25, -0.2) is 0 Å². The topological polar surface area (TPSA) is 32.4 Å². The van der Waals surface area contributed by atoms with E-state index in [9.17, 15) is 0 Å². The van der Waals surface area contributed by atoms with E-state index in [0.717, 1.165) is 100 Å². The second kappa shape index (κ2) is 57.4. The third-order valence-electron chi connectivity index (χ3n) is 30.3. The summed E-state index contributed by atoms with van der Waals surface area (Å²) in [5.74, 6) is 8.17. The zero-order chi connectivity index (χ0) is 99.8. The van der Waals surface area contributed by atoms with E-state index in [1.54, 1.807) is 11.1 Å². The molecule has 13 aromatic carbocycles. The molecule has 8 aliphatic carbocycles. The van der Waals surface area contributed by atoms with Crippen LogP contribution in [0.4, 0.5) is 0 Å². The Morgan fingerprint density at radius 3 is 0.748 bits per heavy atom. The van der Waals surface area contributed by atoms with Crippen molar-refractivity contribution in [1.29, 1.82) is 0 Å². The van der Waals surface area contributed by atoms with E-state index in [2.05, 4.69) is 481 Å². The summed E-state index contributed by atoms with van der Waals surface area (Å²) < 4.78 is 0. The summed E-state index contributed by atoms with van der Waals surface area (Å²) in [6, 6.07) is 122. The Bertz CT molecular complexity index is 5970. The SMILES string of the molecule is CN(C)Cc1[c-]c(-c2ccccc2-c2[c-]c(CN(C)C)c3ccccc3c2)cc2ccccc12.CN(C)Cc1[c-]c(C2=C(c3[c-]c(CN(C)C)ccc3)C3CCC2C3)ccc1.CN(C)Cc1[c-]c(C2C3CCC(C3)C2c2[c-]c(CN(C)C)ccc2)ccc1.CN(C)Cc1[c-]c(C2C3CCC(CC3)C2c2[c-]c(CN(C)C)ccc2)ccc1.CN(C)Cc1[c-]c(C2CCCCC2c2[c-]c(CN(C)C)ccc2)ccc1.[Pt+4].[Pt+4].[Pt+4].[Pt+4].[Pt+4]. The van der Waals surface area contributed by atoms with Crippen LogP contribution in [0.2, 0.25) is 0 Å². The van der Waals surface area contributed by atoms with Crippen LogP contribution in [0, 0.1) is 96.2 Å². The Morgan fingerprint density at radius 2 is 0.456 bits per heavy atom. The van der Waals surface area contributed by atoms with E-state index in [-0.39, 0.29) is 105 Å². The average molecular weight is 2860 g/mol. The molecule has 0 aliphatic heterocycles. The first kappa shape index (κ1) is 120. The predicted molar refractivity (Wildman–Crippen MR) is 595 cm³/mol. The molecule has 6 bridgehead atoms. The van der Waals surface area contributed by atoms with Crippen molar-refractivity contribution in [2.75, 3.05) is 141 Å². The molecular weight excluding hydrogens is 2700 g/mol. The Hall–Kier alpha value is -6.84. The molecule has 0 saturated heterocycles. The molecule has 13 aromatic rings. The van der Waals surface area contributed by atoms with Gasteiger partial charge >= 0.3 is 105 Å². The van der Waals surface area contributed by atoms with Crippen LogP contribution in [-0.4, -0.2) is 190 Å². The van der Waals surface area contributed by atoms with Gasteiger partial charge < -0.3 is 49.0 Å². The molecule has 7 saturated carbocycles. The molecule has 147 heavy (non-hydrogen) atoms. The van der Waals surface area contributed by atoms with Crippen molar-refractivity contribution in [3.8, 4) is 22.3 Å². The van der Waals surface area contributed by atoms with Crippen LogP contribution in [0.1, 0.15) is 226 Å². The molecule has 0 amide bonds. The number of benzene rings is 13. The third-order valence-corrected chi connectivity index (χ3v) is 30.3. The molecular formula is C132H158N10Pt5+10. The Kier molecular flexibility index (Phi) is 47.0. The van der Waals surface area contributed by atoms with Crippen molar-refractivity contribution in [3.05, 3.63) is 391 Å². The fourth-order valence-corrected chi connectivity index (χ4v) is 25.1.